The van der Waals surface area contributed by atoms with Gasteiger partial charge in [0.05, 0.1) is 6.54 Å². The van der Waals surface area contributed by atoms with Gasteiger partial charge in [0.1, 0.15) is 5.82 Å². The summed E-state index contributed by atoms with van der Waals surface area (Å²) in [6.45, 7) is 0.313. The van der Waals surface area contributed by atoms with E-state index in [-0.39, 0.29) is 24.8 Å². The molecule has 4 nitrogen and oxygen atoms in total. The van der Waals surface area contributed by atoms with Gasteiger partial charge in [-0.15, -0.1) is 11.3 Å². The van der Waals surface area contributed by atoms with Crippen LogP contribution in [0.1, 0.15) is 5.56 Å². The minimum absolute atomic E-state index is 0.127. The van der Waals surface area contributed by atoms with Gasteiger partial charge in [0.25, 0.3) is 0 Å². The summed E-state index contributed by atoms with van der Waals surface area (Å²) in [5.74, 6) is -0.515. The molecule has 2 rings (SSSR count). The molecule has 0 atom stereocenters. The van der Waals surface area contributed by atoms with Crippen LogP contribution in [-0.2, 0) is 11.3 Å². The topological polar surface area (TPSA) is 54.0 Å². The van der Waals surface area contributed by atoms with Gasteiger partial charge in [-0.3, -0.25) is 4.79 Å². The lowest BCUT2D eigenvalue weighted by Crippen LogP contribution is -2.29. The summed E-state index contributed by atoms with van der Waals surface area (Å²) in [6, 6.07) is 6.36. The highest BCUT2D eigenvalue weighted by molar-refractivity contribution is 7.13. The smallest absolute Gasteiger partial charge is 0.239 e. The van der Waals surface area contributed by atoms with Crippen LogP contribution in [0.25, 0.3) is 0 Å². The Hall–Kier alpha value is -1.95. The minimum atomic E-state index is -0.314. The zero-order chi connectivity index (χ0) is 12.8. The van der Waals surface area contributed by atoms with Crippen LogP contribution < -0.4 is 10.6 Å². The molecule has 6 heteroatoms. The quantitative estimate of drug-likeness (QED) is 0.869. The third-order valence-corrected chi connectivity index (χ3v) is 3.00. The summed E-state index contributed by atoms with van der Waals surface area (Å²) in [6.07, 6.45) is 1.66. The molecule has 2 N–H and O–H groups in total. The van der Waals surface area contributed by atoms with Crippen LogP contribution in [0.2, 0.25) is 0 Å². The Morgan fingerprint density at radius 1 is 1.39 bits per heavy atom. The number of hydrogen-bond donors (Lipinski definition) is 2. The second-order valence-corrected chi connectivity index (χ2v) is 4.45. The lowest BCUT2D eigenvalue weighted by atomic mass is 10.2. The first-order valence-electron chi connectivity index (χ1n) is 5.39. The number of nitrogens with zero attached hydrogens (tertiary/aromatic N) is 1. The van der Waals surface area contributed by atoms with E-state index in [1.807, 2.05) is 5.38 Å². The van der Waals surface area contributed by atoms with Gasteiger partial charge in [-0.25, -0.2) is 9.37 Å². The number of benzene rings is 1. The third-order valence-electron chi connectivity index (χ3n) is 2.27. The number of amides is 1. The molecule has 0 saturated carbocycles. The van der Waals surface area contributed by atoms with Gasteiger partial charge in [0.15, 0.2) is 5.13 Å². The molecule has 0 aliphatic rings. The molecule has 0 spiro atoms. The zero-order valence-electron chi connectivity index (χ0n) is 9.52. The molecule has 18 heavy (non-hydrogen) atoms. The molecule has 1 aromatic heterocycles. The Morgan fingerprint density at radius 2 is 2.22 bits per heavy atom. The lowest BCUT2D eigenvalue weighted by molar-refractivity contribution is -0.119. The number of hydrogen-bond acceptors (Lipinski definition) is 4. The van der Waals surface area contributed by atoms with Crippen LogP contribution in [-0.4, -0.2) is 17.4 Å². The van der Waals surface area contributed by atoms with E-state index < -0.39 is 0 Å². The van der Waals surface area contributed by atoms with Gasteiger partial charge in [0, 0.05) is 23.7 Å². The molecular formula is C12H12FN3OS. The summed E-state index contributed by atoms with van der Waals surface area (Å²) >= 11 is 1.42. The molecule has 0 unspecified atom stereocenters. The first kappa shape index (κ1) is 12.5. The summed E-state index contributed by atoms with van der Waals surface area (Å²) in [5, 5.41) is 8.02. The third kappa shape index (κ3) is 3.53. The van der Waals surface area contributed by atoms with Crippen molar-refractivity contribution < 1.29 is 9.18 Å². The van der Waals surface area contributed by atoms with Crippen LogP contribution in [0.15, 0.2) is 35.8 Å². The fourth-order valence-electron chi connectivity index (χ4n) is 1.36. The van der Waals surface area contributed by atoms with E-state index in [2.05, 4.69) is 15.6 Å². The number of thiazole rings is 1. The highest BCUT2D eigenvalue weighted by Crippen LogP contribution is 2.09. The van der Waals surface area contributed by atoms with Crippen molar-refractivity contribution in [1.82, 2.24) is 10.3 Å². The Balaban J connectivity index is 1.77. The maximum atomic E-state index is 13.3. The SMILES string of the molecule is O=C(CNc1nccs1)NCc1ccccc1F. The molecule has 1 heterocycles. The summed E-state index contributed by atoms with van der Waals surface area (Å²) in [4.78, 5) is 15.5. The van der Waals surface area contributed by atoms with Crippen LogP contribution in [0.3, 0.4) is 0 Å². The Labute approximate surface area is 108 Å². The van der Waals surface area contributed by atoms with Crippen molar-refractivity contribution in [2.45, 2.75) is 6.54 Å². The second-order valence-electron chi connectivity index (χ2n) is 3.56. The molecule has 94 valence electrons. The van der Waals surface area contributed by atoms with Crippen molar-refractivity contribution in [3.8, 4) is 0 Å². The maximum Gasteiger partial charge on any atom is 0.239 e. The fourth-order valence-corrected chi connectivity index (χ4v) is 1.89. The molecule has 0 fully saturated rings. The van der Waals surface area contributed by atoms with Crippen molar-refractivity contribution in [2.75, 3.05) is 11.9 Å². The molecular weight excluding hydrogens is 253 g/mol. The van der Waals surface area contributed by atoms with E-state index in [0.717, 1.165) is 0 Å². The number of carbonyl (C=O) groups excluding carboxylic acids is 1. The number of anilines is 1. The van der Waals surface area contributed by atoms with Gasteiger partial charge >= 0.3 is 0 Å². The Morgan fingerprint density at radius 3 is 2.94 bits per heavy atom. The van der Waals surface area contributed by atoms with Crippen LogP contribution in [0.4, 0.5) is 9.52 Å². The lowest BCUT2D eigenvalue weighted by Gasteiger charge is -2.06. The average molecular weight is 265 g/mol. The fraction of sp³-hybridized carbons (Fsp3) is 0.167. The molecule has 1 amide bonds. The van der Waals surface area contributed by atoms with Crippen molar-refractivity contribution in [1.29, 1.82) is 0 Å². The van der Waals surface area contributed by atoms with Crippen LogP contribution in [0.5, 0.6) is 0 Å². The van der Waals surface area contributed by atoms with Crippen LogP contribution >= 0.6 is 11.3 Å². The van der Waals surface area contributed by atoms with Crippen molar-refractivity contribution in [2.24, 2.45) is 0 Å². The number of carbonyl (C=O) groups is 1. The van der Waals surface area contributed by atoms with E-state index in [4.69, 9.17) is 0 Å². The van der Waals surface area contributed by atoms with E-state index in [1.54, 1.807) is 24.4 Å². The van der Waals surface area contributed by atoms with Crippen molar-refractivity contribution in [3.05, 3.63) is 47.2 Å². The molecule has 0 saturated heterocycles. The minimum Gasteiger partial charge on any atom is -0.352 e. The maximum absolute atomic E-state index is 13.3. The molecule has 0 radical (unpaired) electrons. The van der Waals surface area contributed by atoms with E-state index in [0.29, 0.717) is 10.7 Å². The number of rotatable bonds is 5. The molecule has 0 aliphatic heterocycles. The predicted molar refractivity (Wildman–Crippen MR) is 68.9 cm³/mol. The van der Waals surface area contributed by atoms with Gasteiger partial charge < -0.3 is 10.6 Å². The van der Waals surface area contributed by atoms with Gasteiger partial charge in [-0.2, -0.15) is 0 Å². The summed E-state index contributed by atoms with van der Waals surface area (Å²) < 4.78 is 13.3. The Kier molecular flexibility index (Phi) is 4.25. The normalized spacial score (nSPS) is 10.1. The summed E-state index contributed by atoms with van der Waals surface area (Å²) in [5.41, 5.74) is 0.472. The zero-order valence-corrected chi connectivity index (χ0v) is 10.3. The predicted octanol–water partition coefficient (Wildman–Crippen LogP) is 2.01. The monoisotopic (exact) mass is 265 g/mol. The summed E-state index contributed by atoms with van der Waals surface area (Å²) in [7, 11) is 0. The van der Waals surface area contributed by atoms with Gasteiger partial charge in [0.2, 0.25) is 5.91 Å². The number of nitrogens with one attached hydrogen (secondary N) is 2. The first-order chi connectivity index (χ1) is 8.75. The first-order valence-corrected chi connectivity index (χ1v) is 6.27. The van der Waals surface area contributed by atoms with Crippen molar-refractivity contribution >= 4 is 22.4 Å². The molecule has 1 aromatic carbocycles. The molecule has 0 bridgehead atoms. The molecule has 2 aromatic rings. The average Bonchev–Trinajstić information content (AvgIpc) is 2.88. The van der Waals surface area contributed by atoms with Crippen molar-refractivity contribution in [3.63, 3.8) is 0 Å². The number of aromatic nitrogens is 1. The van der Waals surface area contributed by atoms with Gasteiger partial charge in [-0.05, 0) is 6.07 Å². The number of halogens is 1. The molecule has 0 aliphatic carbocycles. The van der Waals surface area contributed by atoms with E-state index >= 15 is 0 Å². The van der Waals surface area contributed by atoms with Gasteiger partial charge in [-0.1, -0.05) is 18.2 Å². The van der Waals surface area contributed by atoms with E-state index in [9.17, 15) is 9.18 Å². The van der Waals surface area contributed by atoms with E-state index in [1.165, 1.54) is 17.4 Å². The largest absolute Gasteiger partial charge is 0.352 e. The van der Waals surface area contributed by atoms with Crippen LogP contribution in [0, 0.1) is 5.82 Å². The highest BCUT2D eigenvalue weighted by Gasteiger charge is 2.04. The Bertz CT molecular complexity index is 516. The standard InChI is InChI=1S/C12H12FN3OS/c13-10-4-2-1-3-9(10)7-15-11(17)8-16-12-14-5-6-18-12/h1-6H,7-8H2,(H,14,16)(H,15,17). The second kappa shape index (κ2) is 6.11. The highest BCUT2D eigenvalue weighted by atomic mass is 32.1.